The lowest BCUT2D eigenvalue weighted by molar-refractivity contribution is -0.125. The first kappa shape index (κ1) is 17.2. The summed E-state index contributed by atoms with van der Waals surface area (Å²) >= 11 is 0. The zero-order valence-electron chi connectivity index (χ0n) is 14.2. The molecule has 1 saturated heterocycles. The monoisotopic (exact) mass is 376 g/mol. The Bertz CT molecular complexity index is 876. The van der Waals surface area contributed by atoms with Crippen molar-refractivity contribution in [3.63, 3.8) is 0 Å². The van der Waals surface area contributed by atoms with E-state index in [1.807, 2.05) is 0 Å². The molecule has 3 atom stereocenters. The van der Waals surface area contributed by atoms with Crippen LogP contribution in [-0.2, 0) is 14.8 Å². The van der Waals surface area contributed by atoms with Crippen molar-refractivity contribution < 1.29 is 22.7 Å². The predicted octanol–water partition coefficient (Wildman–Crippen LogP) is 0.749. The molecule has 2 heterocycles. The van der Waals surface area contributed by atoms with Crippen LogP contribution in [0.1, 0.15) is 19.3 Å². The summed E-state index contributed by atoms with van der Waals surface area (Å²) < 4.78 is 38.9. The van der Waals surface area contributed by atoms with Gasteiger partial charge in [-0.3, -0.25) is 4.79 Å². The van der Waals surface area contributed by atoms with Crippen LogP contribution >= 0.6 is 0 Å². The number of benzene rings is 1. The van der Waals surface area contributed by atoms with Crippen molar-refractivity contribution in [2.75, 3.05) is 19.8 Å². The molecule has 1 aromatic carbocycles. The number of carbonyl (C=O) groups is 1. The van der Waals surface area contributed by atoms with Crippen LogP contribution in [0.2, 0.25) is 0 Å². The summed E-state index contributed by atoms with van der Waals surface area (Å²) in [5, 5.41) is 2.64. The minimum atomic E-state index is -3.84. The van der Waals surface area contributed by atoms with E-state index in [9.17, 15) is 13.2 Å². The van der Waals surface area contributed by atoms with Crippen molar-refractivity contribution >= 4 is 15.9 Å². The van der Waals surface area contributed by atoms with Gasteiger partial charge in [-0.2, -0.15) is 4.31 Å². The summed E-state index contributed by atoms with van der Waals surface area (Å²) in [4.78, 5) is 12.7. The van der Waals surface area contributed by atoms with Crippen molar-refractivity contribution in [3.8, 4) is 23.8 Å². The van der Waals surface area contributed by atoms with Crippen LogP contribution in [0.3, 0.4) is 0 Å². The highest BCUT2D eigenvalue weighted by molar-refractivity contribution is 7.89. The van der Waals surface area contributed by atoms with Gasteiger partial charge in [0.15, 0.2) is 11.5 Å². The SMILES string of the molecule is C#CCNC(=O)C1C2CCC(C2)N1S(=O)(=O)c1ccc2c(c1)OCCO2. The molecule has 3 unspecified atom stereocenters. The molecule has 2 fully saturated rings. The van der Waals surface area contributed by atoms with E-state index in [1.165, 1.54) is 16.4 Å². The maximum atomic E-state index is 13.3. The number of nitrogens with zero attached hydrogens (tertiary/aromatic N) is 1. The van der Waals surface area contributed by atoms with E-state index in [1.54, 1.807) is 6.07 Å². The molecule has 1 aliphatic carbocycles. The topological polar surface area (TPSA) is 84.9 Å². The number of piperidine rings is 1. The summed E-state index contributed by atoms with van der Waals surface area (Å²) in [5.74, 6) is 3.01. The molecular weight excluding hydrogens is 356 g/mol. The molecule has 0 radical (unpaired) electrons. The van der Waals surface area contributed by atoms with Crippen LogP contribution in [0.25, 0.3) is 0 Å². The van der Waals surface area contributed by atoms with Gasteiger partial charge in [0, 0.05) is 12.1 Å². The van der Waals surface area contributed by atoms with Gasteiger partial charge in [0.2, 0.25) is 15.9 Å². The molecule has 1 N–H and O–H groups in total. The zero-order chi connectivity index (χ0) is 18.3. The fourth-order valence-corrected chi connectivity index (χ4v) is 6.06. The number of hydrogen-bond donors (Lipinski definition) is 1. The molecule has 0 aromatic heterocycles. The average Bonchev–Trinajstić information content (AvgIpc) is 3.27. The Labute approximate surface area is 152 Å². The first-order valence-electron chi connectivity index (χ1n) is 8.66. The molecule has 7 nitrogen and oxygen atoms in total. The first-order valence-corrected chi connectivity index (χ1v) is 10.1. The Hall–Kier alpha value is -2.24. The van der Waals surface area contributed by atoms with Gasteiger partial charge in [-0.25, -0.2) is 8.42 Å². The zero-order valence-corrected chi connectivity index (χ0v) is 15.0. The number of sulfonamides is 1. The van der Waals surface area contributed by atoms with E-state index in [4.69, 9.17) is 15.9 Å². The summed E-state index contributed by atoms with van der Waals surface area (Å²) in [5.41, 5.74) is 0. The van der Waals surface area contributed by atoms with Crippen LogP contribution < -0.4 is 14.8 Å². The molecule has 1 saturated carbocycles. The van der Waals surface area contributed by atoms with E-state index in [-0.39, 0.29) is 29.3 Å². The van der Waals surface area contributed by atoms with Gasteiger partial charge in [-0.05, 0) is 37.3 Å². The fourth-order valence-electron chi connectivity index (χ4n) is 4.17. The minimum Gasteiger partial charge on any atom is -0.486 e. The minimum absolute atomic E-state index is 0.0322. The average molecular weight is 376 g/mol. The number of amides is 1. The summed E-state index contributed by atoms with van der Waals surface area (Å²) in [6.45, 7) is 0.902. The molecule has 2 bridgehead atoms. The van der Waals surface area contributed by atoms with Gasteiger partial charge >= 0.3 is 0 Å². The lowest BCUT2D eigenvalue weighted by Gasteiger charge is -2.33. The van der Waals surface area contributed by atoms with Gasteiger partial charge in [0.05, 0.1) is 11.4 Å². The van der Waals surface area contributed by atoms with Crippen molar-refractivity contribution in [1.29, 1.82) is 0 Å². The Kier molecular flexibility index (Phi) is 4.29. The van der Waals surface area contributed by atoms with Crippen LogP contribution in [0.4, 0.5) is 0 Å². The van der Waals surface area contributed by atoms with E-state index >= 15 is 0 Å². The van der Waals surface area contributed by atoms with Crippen LogP contribution in [0.5, 0.6) is 11.5 Å². The Morgan fingerprint density at radius 3 is 2.81 bits per heavy atom. The van der Waals surface area contributed by atoms with Crippen LogP contribution in [0, 0.1) is 18.3 Å². The number of ether oxygens (including phenoxy) is 2. The van der Waals surface area contributed by atoms with Gasteiger partial charge < -0.3 is 14.8 Å². The molecule has 2 aliphatic heterocycles. The second-order valence-electron chi connectivity index (χ2n) is 6.73. The molecular formula is C18H20N2O5S. The molecule has 138 valence electrons. The van der Waals surface area contributed by atoms with Crippen LogP contribution in [-0.4, -0.2) is 50.5 Å². The third-order valence-electron chi connectivity index (χ3n) is 5.25. The van der Waals surface area contributed by atoms with Gasteiger partial charge in [-0.15, -0.1) is 6.42 Å². The van der Waals surface area contributed by atoms with Gasteiger partial charge in [0.25, 0.3) is 0 Å². The number of fused-ring (bicyclic) bond motifs is 3. The van der Waals surface area contributed by atoms with Crippen molar-refractivity contribution in [2.45, 2.75) is 36.2 Å². The van der Waals surface area contributed by atoms with Crippen molar-refractivity contribution in [1.82, 2.24) is 9.62 Å². The molecule has 1 aromatic rings. The normalized spacial score (nSPS) is 27.1. The third-order valence-corrected chi connectivity index (χ3v) is 7.18. The molecule has 0 spiro atoms. The van der Waals surface area contributed by atoms with Crippen molar-refractivity contribution in [3.05, 3.63) is 18.2 Å². The maximum Gasteiger partial charge on any atom is 0.244 e. The highest BCUT2D eigenvalue weighted by Crippen LogP contribution is 2.46. The quantitative estimate of drug-likeness (QED) is 0.784. The largest absolute Gasteiger partial charge is 0.486 e. The molecule has 3 aliphatic rings. The van der Waals surface area contributed by atoms with Crippen LogP contribution in [0.15, 0.2) is 23.1 Å². The molecule has 8 heteroatoms. The summed E-state index contributed by atoms with van der Waals surface area (Å²) in [6, 6.07) is 3.72. The number of carbonyl (C=O) groups excluding carboxylic acids is 1. The number of nitrogens with one attached hydrogen (secondary N) is 1. The van der Waals surface area contributed by atoms with E-state index < -0.39 is 16.1 Å². The van der Waals surface area contributed by atoms with Gasteiger partial charge in [-0.1, -0.05) is 5.92 Å². The third kappa shape index (κ3) is 2.72. The highest BCUT2D eigenvalue weighted by Gasteiger charge is 2.54. The molecule has 1 amide bonds. The molecule has 4 rings (SSSR count). The number of terminal acetylenes is 1. The second kappa shape index (κ2) is 6.49. The summed E-state index contributed by atoms with van der Waals surface area (Å²) in [7, 11) is -3.84. The maximum absolute atomic E-state index is 13.3. The molecule has 26 heavy (non-hydrogen) atoms. The highest BCUT2D eigenvalue weighted by atomic mass is 32.2. The Balaban J connectivity index is 1.67. The fraction of sp³-hybridized carbons (Fsp3) is 0.500. The van der Waals surface area contributed by atoms with E-state index in [0.717, 1.165) is 12.8 Å². The smallest absolute Gasteiger partial charge is 0.244 e. The van der Waals surface area contributed by atoms with E-state index in [2.05, 4.69) is 11.2 Å². The number of rotatable bonds is 4. The lowest BCUT2D eigenvalue weighted by Crippen LogP contribution is -2.52. The summed E-state index contributed by atoms with van der Waals surface area (Å²) in [6.07, 6.45) is 7.54. The first-order chi connectivity index (χ1) is 12.5. The Morgan fingerprint density at radius 1 is 1.27 bits per heavy atom. The lowest BCUT2D eigenvalue weighted by atomic mass is 9.99. The number of hydrogen-bond acceptors (Lipinski definition) is 5. The Morgan fingerprint density at radius 2 is 2.04 bits per heavy atom. The van der Waals surface area contributed by atoms with Crippen molar-refractivity contribution in [2.24, 2.45) is 5.92 Å². The van der Waals surface area contributed by atoms with Gasteiger partial charge in [0.1, 0.15) is 19.3 Å². The predicted molar refractivity (Wildman–Crippen MR) is 93.2 cm³/mol. The van der Waals surface area contributed by atoms with E-state index in [0.29, 0.717) is 31.1 Å². The standard InChI is InChI=1S/C18H20N2O5S/c1-2-7-19-18(21)17-12-3-4-13(10-12)20(17)26(22,23)14-5-6-15-16(11-14)25-9-8-24-15/h1,5-6,11-13,17H,3-4,7-10H2,(H,19,21). The second-order valence-corrected chi connectivity index (χ2v) is 8.58.